The van der Waals surface area contributed by atoms with Crippen LogP contribution in [-0.4, -0.2) is 17.2 Å². The first-order valence-electron chi connectivity index (χ1n) is 13.1. The van der Waals surface area contributed by atoms with E-state index in [1.54, 1.807) is 18.2 Å². The first kappa shape index (κ1) is 30.2. The Morgan fingerprint density at radius 3 is 2.67 bits per heavy atom. The third-order valence-corrected chi connectivity index (χ3v) is 9.04. The lowest BCUT2D eigenvalue weighted by atomic mass is 9.78. The van der Waals surface area contributed by atoms with Crippen molar-refractivity contribution in [3.05, 3.63) is 76.8 Å². The number of halogens is 3. The second kappa shape index (κ2) is 12.9. The van der Waals surface area contributed by atoms with Crippen molar-refractivity contribution in [2.75, 3.05) is 5.43 Å². The van der Waals surface area contributed by atoms with Crippen molar-refractivity contribution < 1.29 is 18.3 Å². The van der Waals surface area contributed by atoms with E-state index in [-0.39, 0.29) is 22.3 Å². The molecule has 1 aliphatic carbocycles. The van der Waals surface area contributed by atoms with Crippen LogP contribution in [0.1, 0.15) is 49.7 Å². The number of fused-ring (bicyclic) bond motifs is 1. The summed E-state index contributed by atoms with van der Waals surface area (Å²) in [4.78, 5) is 16.8. The van der Waals surface area contributed by atoms with E-state index in [2.05, 4.69) is 46.0 Å². The molecule has 4 aromatic rings. The number of nitrogens with one attached hydrogen (secondary N) is 1. The first-order valence-corrected chi connectivity index (χ1v) is 15.1. The van der Waals surface area contributed by atoms with Crippen LogP contribution in [0.2, 0.25) is 5.02 Å². The molecule has 6 nitrogen and oxygen atoms in total. The summed E-state index contributed by atoms with van der Waals surface area (Å²) in [6.07, 6.45) is 5.89. The van der Waals surface area contributed by atoms with Crippen LogP contribution in [0.15, 0.2) is 63.4 Å². The summed E-state index contributed by atoms with van der Waals surface area (Å²) >= 11 is 16.9. The molecule has 0 radical (unpaired) electrons. The molecule has 1 aromatic heterocycles. The zero-order chi connectivity index (χ0) is 30.0. The molecule has 1 N–H and O–H groups in total. The summed E-state index contributed by atoms with van der Waals surface area (Å²) < 4.78 is 41.3. The molecule has 1 fully saturated rings. The number of nitrogens with zero attached hydrogens (tertiary/aromatic N) is 3. The molecule has 0 unspecified atom stereocenters. The van der Waals surface area contributed by atoms with E-state index in [0.717, 1.165) is 36.5 Å². The molecule has 1 heterocycles. The van der Waals surface area contributed by atoms with Crippen molar-refractivity contribution in [2.24, 2.45) is 15.4 Å². The Morgan fingerprint density at radius 1 is 1.21 bits per heavy atom. The van der Waals surface area contributed by atoms with Gasteiger partial charge < -0.3 is 4.74 Å². The van der Waals surface area contributed by atoms with Gasteiger partial charge in [0, 0.05) is 34.5 Å². The van der Waals surface area contributed by atoms with Gasteiger partial charge in [-0.2, -0.15) is 9.46 Å². The minimum Gasteiger partial charge on any atom is -0.422 e. The number of hydrazone groups is 1. The maximum Gasteiger partial charge on any atom is 0.335 e. The topological polar surface area (TPSA) is 75.9 Å². The van der Waals surface area contributed by atoms with Gasteiger partial charge in [0.15, 0.2) is 11.6 Å². The summed E-state index contributed by atoms with van der Waals surface area (Å²) in [7, 11) is 0. The van der Waals surface area contributed by atoms with E-state index in [1.807, 2.05) is 0 Å². The summed E-state index contributed by atoms with van der Waals surface area (Å²) in [5.74, 6) is -2.05. The standard InChI is InChI=1S/C30H25ClF2N4O2S3/c1-3-26(38)39-23-9-8-17(11-20(23)31)27-18(10-19(28(32)29(27)33)16-6-4-15(2)5-7-16)14-34-36-30-35-22-12-24(40)21(37-41)13-25(22)42-30/h3,8-16,40H,1,4-7H2,2H3,(H,35,36)/b34-14+. The van der Waals surface area contributed by atoms with Gasteiger partial charge in [-0.05, 0) is 66.1 Å². The number of thiol groups is 1. The van der Waals surface area contributed by atoms with Crippen molar-refractivity contribution in [1.29, 1.82) is 0 Å². The fourth-order valence-corrected chi connectivity index (χ4v) is 6.55. The molecular weight excluding hydrogens is 618 g/mol. The van der Waals surface area contributed by atoms with Gasteiger partial charge in [0.25, 0.3) is 0 Å². The van der Waals surface area contributed by atoms with Gasteiger partial charge in [0.05, 0.1) is 27.1 Å². The number of esters is 1. The number of anilines is 1. The fourth-order valence-electron chi connectivity index (χ4n) is 5.05. The van der Waals surface area contributed by atoms with Crippen molar-refractivity contribution >= 4 is 81.2 Å². The monoisotopic (exact) mass is 642 g/mol. The summed E-state index contributed by atoms with van der Waals surface area (Å²) in [6, 6.07) is 9.56. The highest BCUT2D eigenvalue weighted by Crippen LogP contribution is 2.41. The third kappa shape index (κ3) is 6.39. The van der Waals surface area contributed by atoms with Gasteiger partial charge in [0.2, 0.25) is 5.13 Å². The SMILES string of the molecule is C=CC(=O)Oc1ccc(-c2c(/C=N/Nc3nc4cc(S)c(N=S)cc4s3)cc(C3CCC(C)CC3)c(F)c2F)cc1Cl. The summed E-state index contributed by atoms with van der Waals surface area (Å²) in [6.45, 7) is 5.54. The van der Waals surface area contributed by atoms with Crippen LogP contribution in [0.5, 0.6) is 5.75 Å². The zero-order valence-corrected chi connectivity index (χ0v) is 25.6. The fraction of sp³-hybridized carbons (Fsp3) is 0.233. The average molecular weight is 643 g/mol. The highest BCUT2D eigenvalue weighted by Gasteiger charge is 2.27. The van der Waals surface area contributed by atoms with Crippen LogP contribution in [0.25, 0.3) is 21.3 Å². The van der Waals surface area contributed by atoms with Crippen molar-refractivity contribution in [2.45, 2.75) is 43.4 Å². The molecule has 0 atom stereocenters. The molecule has 5 rings (SSSR count). The van der Waals surface area contributed by atoms with Gasteiger partial charge >= 0.3 is 5.97 Å². The van der Waals surface area contributed by atoms with Crippen LogP contribution < -0.4 is 10.2 Å². The van der Waals surface area contributed by atoms with Crippen molar-refractivity contribution in [3.63, 3.8) is 0 Å². The van der Waals surface area contributed by atoms with E-state index in [0.29, 0.717) is 43.8 Å². The Balaban J connectivity index is 1.53. The number of carbonyl (C=O) groups excluding carboxylic acids is 1. The molecule has 12 heteroatoms. The van der Waals surface area contributed by atoms with Crippen LogP contribution >= 0.6 is 35.6 Å². The second-order valence-electron chi connectivity index (χ2n) is 10.1. The predicted molar refractivity (Wildman–Crippen MR) is 171 cm³/mol. The minimum absolute atomic E-state index is 0.0183. The molecular formula is C30H25ClF2N4O2S3. The molecule has 0 spiro atoms. The summed E-state index contributed by atoms with van der Waals surface area (Å²) in [5.41, 5.74) is 5.11. The van der Waals surface area contributed by atoms with Gasteiger partial charge in [-0.15, -0.1) is 12.6 Å². The van der Waals surface area contributed by atoms with E-state index < -0.39 is 17.6 Å². The van der Waals surface area contributed by atoms with Crippen molar-refractivity contribution in [3.8, 4) is 16.9 Å². The predicted octanol–water partition coefficient (Wildman–Crippen LogP) is 9.38. The number of aromatic nitrogens is 1. The molecule has 0 saturated heterocycles. The van der Waals surface area contributed by atoms with Gasteiger partial charge in [-0.3, -0.25) is 5.43 Å². The zero-order valence-electron chi connectivity index (χ0n) is 22.4. The Morgan fingerprint density at radius 2 is 1.98 bits per heavy atom. The molecule has 0 amide bonds. The molecule has 42 heavy (non-hydrogen) atoms. The number of rotatable bonds is 8. The van der Waals surface area contributed by atoms with Gasteiger partial charge in [-0.25, -0.2) is 18.6 Å². The lowest BCUT2D eigenvalue weighted by molar-refractivity contribution is -0.128. The first-order chi connectivity index (χ1) is 20.2. The van der Waals surface area contributed by atoms with E-state index in [1.165, 1.54) is 35.8 Å². The quantitative estimate of drug-likeness (QED) is 0.0500. The molecule has 216 valence electrons. The Hall–Kier alpha value is -3.25. The van der Waals surface area contributed by atoms with E-state index >= 15 is 8.78 Å². The minimum atomic E-state index is -0.999. The molecule has 3 aromatic carbocycles. The lowest BCUT2D eigenvalue weighted by Gasteiger charge is -2.27. The van der Waals surface area contributed by atoms with Gasteiger partial charge in [0.1, 0.15) is 5.75 Å². The summed E-state index contributed by atoms with van der Waals surface area (Å²) in [5, 5.41) is 4.86. The maximum absolute atomic E-state index is 15.9. The number of hydrogen-bond acceptors (Lipinski definition) is 9. The van der Waals surface area contributed by atoms with Crippen molar-refractivity contribution in [1.82, 2.24) is 4.98 Å². The van der Waals surface area contributed by atoms with Crippen LogP contribution in [-0.2, 0) is 17.2 Å². The largest absolute Gasteiger partial charge is 0.422 e. The van der Waals surface area contributed by atoms with E-state index in [4.69, 9.17) is 28.8 Å². The molecule has 0 aliphatic heterocycles. The molecule has 1 aliphatic rings. The molecule has 0 bridgehead atoms. The number of benzene rings is 3. The van der Waals surface area contributed by atoms with Gasteiger partial charge in [-0.1, -0.05) is 55.3 Å². The van der Waals surface area contributed by atoms with Crippen LogP contribution in [0.3, 0.4) is 0 Å². The molecule has 1 saturated carbocycles. The average Bonchev–Trinajstić information content (AvgIpc) is 3.37. The Labute approximate surface area is 261 Å². The maximum atomic E-state index is 15.9. The van der Waals surface area contributed by atoms with Crippen LogP contribution in [0.4, 0.5) is 19.6 Å². The highest BCUT2D eigenvalue weighted by molar-refractivity contribution is 7.80. The number of hydrogen-bond donors (Lipinski definition) is 2. The number of carbonyl (C=O) groups is 1. The third-order valence-electron chi connectivity index (χ3n) is 7.27. The number of ether oxygens (including phenoxy) is 1. The van der Waals surface area contributed by atoms with Crippen LogP contribution in [0, 0.1) is 17.6 Å². The van der Waals surface area contributed by atoms with E-state index in [9.17, 15) is 4.79 Å². The Bertz CT molecular complexity index is 1740. The smallest absolute Gasteiger partial charge is 0.335 e. The normalized spacial score (nSPS) is 17.0. The lowest BCUT2D eigenvalue weighted by Crippen LogP contribution is -2.14. The highest BCUT2D eigenvalue weighted by atomic mass is 35.5. The number of thiazole rings is 1. The second-order valence-corrected chi connectivity index (χ2v) is 12.2. The Kier molecular flexibility index (Phi) is 9.32.